The third-order valence-corrected chi connectivity index (χ3v) is 5.63. The van der Waals surface area contributed by atoms with Gasteiger partial charge in [-0.3, -0.25) is 4.79 Å². The van der Waals surface area contributed by atoms with Gasteiger partial charge in [0.25, 0.3) is 5.91 Å². The van der Waals surface area contributed by atoms with Crippen LogP contribution in [0.15, 0.2) is 29.3 Å². The average Bonchev–Trinajstić information content (AvgIpc) is 3.10. The third kappa shape index (κ3) is 7.48. The van der Waals surface area contributed by atoms with Gasteiger partial charge in [0.2, 0.25) is 0 Å². The number of guanidine groups is 1. The first-order valence-electron chi connectivity index (χ1n) is 10.8. The van der Waals surface area contributed by atoms with Crippen molar-refractivity contribution in [3.05, 3.63) is 47.0 Å². The summed E-state index contributed by atoms with van der Waals surface area (Å²) in [4.78, 5) is 16.6. The van der Waals surface area contributed by atoms with E-state index in [1.54, 1.807) is 7.05 Å². The highest BCUT2D eigenvalue weighted by atomic mass is 127. The van der Waals surface area contributed by atoms with Crippen LogP contribution in [0.1, 0.15) is 59.7 Å². The number of rotatable bonds is 7. The van der Waals surface area contributed by atoms with Crippen LogP contribution in [0.25, 0.3) is 0 Å². The SMILES string of the molecule is CNC(=O)c1cccc(CCNC(=NCc2nnc(C)n2C)NC2CCCCC2)c1.I. The molecule has 1 heterocycles. The van der Waals surface area contributed by atoms with Crippen molar-refractivity contribution in [2.24, 2.45) is 12.0 Å². The number of amides is 1. The van der Waals surface area contributed by atoms with E-state index in [0.717, 1.165) is 36.1 Å². The average molecular weight is 539 g/mol. The number of hydrogen-bond acceptors (Lipinski definition) is 4. The molecule has 1 amide bonds. The molecular formula is C22H34IN7O. The molecule has 0 aliphatic heterocycles. The molecule has 1 aromatic heterocycles. The Morgan fingerprint density at radius 2 is 2.00 bits per heavy atom. The summed E-state index contributed by atoms with van der Waals surface area (Å²) in [5.41, 5.74) is 1.80. The number of aromatic nitrogens is 3. The van der Waals surface area contributed by atoms with Crippen LogP contribution in [0, 0.1) is 6.92 Å². The summed E-state index contributed by atoms with van der Waals surface area (Å²) < 4.78 is 1.96. The molecule has 1 aliphatic carbocycles. The number of carbonyl (C=O) groups is 1. The molecule has 1 aromatic carbocycles. The van der Waals surface area contributed by atoms with Crippen molar-refractivity contribution >= 4 is 35.8 Å². The van der Waals surface area contributed by atoms with Crippen molar-refractivity contribution in [3.8, 4) is 0 Å². The number of aliphatic imine (C=N–C) groups is 1. The van der Waals surface area contributed by atoms with E-state index >= 15 is 0 Å². The molecular weight excluding hydrogens is 505 g/mol. The summed E-state index contributed by atoms with van der Waals surface area (Å²) in [5, 5.41) is 18.0. The van der Waals surface area contributed by atoms with Gasteiger partial charge in [0.15, 0.2) is 11.8 Å². The van der Waals surface area contributed by atoms with Crippen LogP contribution in [-0.2, 0) is 20.0 Å². The molecule has 0 atom stereocenters. The summed E-state index contributed by atoms with van der Waals surface area (Å²) in [6.45, 7) is 3.14. The van der Waals surface area contributed by atoms with E-state index in [4.69, 9.17) is 4.99 Å². The molecule has 8 nitrogen and oxygen atoms in total. The minimum atomic E-state index is -0.0648. The van der Waals surface area contributed by atoms with Gasteiger partial charge in [-0.15, -0.1) is 34.2 Å². The Balaban J connectivity index is 0.00000341. The van der Waals surface area contributed by atoms with Crippen LogP contribution >= 0.6 is 24.0 Å². The van der Waals surface area contributed by atoms with E-state index < -0.39 is 0 Å². The van der Waals surface area contributed by atoms with Crippen LogP contribution in [0.5, 0.6) is 0 Å². The molecule has 2 aromatic rings. The van der Waals surface area contributed by atoms with Crippen LogP contribution in [0.3, 0.4) is 0 Å². The lowest BCUT2D eigenvalue weighted by molar-refractivity contribution is 0.0963. The lowest BCUT2D eigenvalue weighted by atomic mass is 9.96. The first-order chi connectivity index (χ1) is 14.6. The first-order valence-corrected chi connectivity index (χ1v) is 10.8. The van der Waals surface area contributed by atoms with Crippen molar-refractivity contribution in [3.63, 3.8) is 0 Å². The molecule has 0 unspecified atom stereocenters. The van der Waals surface area contributed by atoms with Crippen LogP contribution < -0.4 is 16.0 Å². The number of hydrogen-bond donors (Lipinski definition) is 3. The zero-order valence-corrected chi connectivity index (χ0v) is 21.0. The second-order valence-corrected chi connectivity index (χ2v) is 7.82. The Bertz CT molecular complexity index is 874. The highest BCUT2D eigenvalue weighted by Gasteiger charge is 2.15. The van der Waals surface area contributed by atoms with Gasteiger partial charge >= 0.3 is 0 Å². The molecule has 1 fully saturated rings. The van der Waals surface area contributed by atoms with Crippen molar-refractivity contribution in [1.82, 2.24) is 30.7 Å². The van der Waals surface area contributed by atoms with Gasteiger partial charge in [-0.25, -0.2) is 4.99 Å². The molecule has 1 saturated carbocycles. The molecule has 0 bridgehead atoms. The molecule has 9 heteroatoms. The van der Waals surface area contributed by atoms with Crippen molar-refractivity contribution in [2.75, 3.05) is 13.6 Å². The van der Waals surface area contributed by atoms with Gasteiger partial charge in [0.05, 0.1) is 0 Å². The number of halogens is 1. The number of aryl methyl sites for hydroxylation is 1. The predicted molar refractivity (Wildman–Crippen MR) is 134 cm³/mol. The van der Waals surface area contributed by atoms with Gasteiger partial charge in [-0.2, -0.15) is 0 Å². The maximum Gasteiger partial charge on any atom is 0.251 e. The molecule has 3 N–H and O–H groups in total. The summed E-state index contributed by atoms with van der Waals surface area (Å²) in [7, 11) is 3.61. The largest absolute Gasteiger partial charge is 0.356 e. The molecule has 31 heavy (non-hydrogen) atoms. The number of nitrogens with zero attached hydrogens (tertiary/aromatic N) is 4. The monoisotopic (exact) mass is 539 g/mol. The van der Waals surface area contributed by atoms with Gasteiger partial charge < -0.3 is 20.5 Å². The Kier molecular flexibility index (Phi) is 10.2. The second kappa shape index (κ2) is 12.6. The van der Waals surface area contributed by atoms with E-state index in [-0.39, 0.29) is 29.9 Å². The fourth-order valence-electron chi connectivity index (χ4n) is 3.67. The van der Waals surface area contributed by atoms with Gasteiger partial charge in [0.1, 0.15) is 12.4 Å². The van der Waals surface area contributed by atoms with E-state index in [9.17, 15) is 4.79 Å². The normalized spacial score (nSPS) is 14.6. The second-order valence-electron chi connectivity index (χ2n) is 7.82. The summed E-state index contributed by atoms with van der Waals surface area (Å²) in [5.74, 6) is 2.47. The zero-order valence-electron chi connectivity index (χ0n) is 18.6. The lowest BCUT2D eigenvalue weighted by Crippen LogP contribution is -2.44. The Labute approximate surface area is 201 Å². The fourth-order valence-corrected chi connectivity index (χ4v) is 3.67. The Morgan fingerprint density at radius 3 is 2.68 bits per heavy atom. The quantitative estimate of drug-likeness (QED) is 0.286. The summed E-state index contributed by atoms with van der Waals surface area (Å²) in [6.07, 6.45) is 7.01. The highest BCUT2D eigenvalue weighted by molar-refractivity contribution is 14.0. The Hall–Kier alpha value is -2.17. The Morgan fingerprint density at radius 1 is 1.23 bits per heavy atom. The standard InChI is InChI=1S/C22H33N7O.HI/c1-16-27-28-20(29(16)3)15-25-22(26-19-10-5-4-6-11-19)24-13-12-17-8-7-9-18(14-17)21(30)23-2;/h7-9,14,19H,4-6,10-13,15H2,1-3H3,(H,23,30)(H2,24,25,26);1H. The molecule has 0 saturated heterocycles. The van der Waals surface area contributed by atoms with Crippen molar-refractivity contribution < 1.29 is 4.79 Å². The van der Waals surface area contributed by atoms with Crippen molar-refractivity contribution in [2.45, 2.75) is 58.0 Å². The molecule has 0 spiro atoms. The summed E-state index contributed by atoms with van der Waals surface area (Å²) in [6, 6.07) is 8.19. The third-order valence-electron chi connectivity index (χ3n) is 5.63. The van der Waals surface area contributed by atoms with Crippen LogP contribution in [-0.4, -0.2) is 46.3 Å². The molecule has 1 aliphatic rings. The minimum Gasteiger partial charge on any atom is -0.356 e. The maximum absolute atomic E-state index is 11.8. The highest BCUT2D eigenvalue weighted by Crippen LogP contribution is 2.17. The number of carbonyl (C=O) groups excluding carboxylic acids is 1. The van der Waals surface area contributed by atoms with Crippen molar-refractivity contribution in [1.29, 1.82) is 0 Å². The minimum absolute atomic E-state index is 0. The van der Waals surface area contributed by atoms with E-state index in [2.05, 4.69) is 26.1 Å². The van der Waals surface area contributed by atoms with Gasteiger partial charge in [-0.1, -0.05) is 31.4 Å². The smallest absolute Gasteiger partial charge is 0.251 e. The number of nitrogens with one attached hydrogen (secondary N) is 3. The van der Waals surface area contributed by atoms with E-state index in [0.29, 0.717) is 18.2 Å². The maximum atomic E-state index is 11.8. The predicted octanol–water partition coefficient (Wildman–Crippen LogP) is 2.71. The van der Waals surface area contributed by atoms with E-state index in [1.807, 2.05) is 42.8 Å². The van der Waals surface area contributed by atoms with Gasteiger partial charge in [-0.05, 0) is 43.9 Å². The van der Waals surface area contributed by atoms with Crippen LogP contribution in [0.4, 0.5) is 0 Å². The molecule has 0 radical (unpaired) electrons. The number of benzene rings is 1. The van der Waals surface area contributed by atoms with Crippen LogP contribution in [0.2, 0.25) is 0 Å². The molecule has 3 rings (SSSR count). The first kappa shape index (κ1) is 25.1. The zero-order chi connectivity index (χ0) is 21.3. The lowest BCUT2D eigenvalue weighted by Gasteiger charge is -2.25. The topological polar surface area (TPSA) is 96.2 Å². The van der Waals surface area contributed by atoms with Gasteiger partial charge in [0, 0.05) is 32.2 Å². The summed E-state index contributed by atoms with van der Waals surface area (Å²) >= 11 is 0. The van der Waals surface area contributed by atoms with E-state index in [1.165, 1.54) is 32.1 Å². The molecule has 170 valence electrons. The fraction of sp³-hybridized carbons (Fsp3) is 0.545.